The monoisotopic (exact) mass is 443 g/mol. The van der Waals surface area contributed by atoms with Crippen LogP contribution in [0.1, 0.15) is 68.3 Å². The highest BCUT2D eigenvalue weighted by atomic mass is 16.5. The third-order valence-corrected chi connectivity index (χ3v) is 5.27. The molecule has 2 aromatic rings. The highest BCUT2D eigenvalue weighted by molar-refractivity contribution is 6.03. The van der Waals surface area contributed by atoms with Crippen LogP contribution in [0.25, 0.3) is 0 Å². The molecule has 0 spiro atoms. The van der Waals surface area contributed by atoms with Crippen molar-refractivity contribution in [1.29, 1.82) is 0 Å². The molecule has 0 atom stereocenters. The molecule has 0 radical (unpaired) electrons. The summed E-state index contributed by atoms with van der Waals surface area (Å²) in [5.74, 6) is 0.158. The Morgan fingerprint density at radius 1 is 1.12 bits per heavy atom. The van der Waals surface area contributed by atoms with Crippen LogP contribution >= 0.6 is 0 Å². The van der Waals surface area contributed by atoms with E-state index in [1.807, 2.05) is 46.8 Å². The largest absolute Gasteiger partial charge is 0.491 e. The van der Waals surface area contributed by atoms with Crippen molar-refractivity contribution in [2.75, 3.05) is 26.4 Å². The van der Waals surface area contributed by atoms with Crippen molar-refractivity contribution in [3.8, 4) is 5.75 Å². The molecule has 0 aliphatic heterocycles. The summed E-state index contributed by atoms with van der Waals surface area (Å²) in [6, 6.07) is 7.80. The van der Waals surface area contributed by atoms with Crippen LogP contribution in [0, 0.1) is 6.92 Å². The second kappa shape index (κ2) is 11.3. The quantitative estimate of drug-likeness (QED) is 0.518. The molecule has 0 saturated carbocycles. The van der Waals surface area contributed by atoms with Gasteiger partial charge in [0.15, 0.2) is 0 Å². The molecule has 1 aromatic heterocycles. The van der Waals surface area contributed by atoms with Crippen molar-refractivity contribution >= 4 is 11.8 Å². The number of imide groups is 1. The SMILES string of the molecule is CCOCCc1ccc(OCCN(C(=O)CC)C(=O)c2cc(C(C)(C)C)nn2C)c(C)c1. The van der Waals surface area contributed by atoms with Gasteiger partial charge in [0.25, 0.3) is 5.91 Å². The van der Waals surface area contributed by atoms with Crippen molar-refractivity contribution in [3.05, 3.63) is 46.8 Å². The summed E-state index contributed by atoms with van der Waals surface area (Å²) in [4.78, 5) is 27.0. The predicted octanol–water partition coefficient (Wildman–Crippen LogP) is 4.06. The topological polar surface area (TPSA) is 73.7 Å². The number of aromatic nitrogens is 2. The lowest BCUT2D eigenvalue weighted by Crippen LogP contribution is -2.40. The van der Waals surface area contributed by atoms with Gasteiger partial charge in [-0.1, -0.05) is 39.8 Å². The van der Waals surface area contributed by atoms with E-state index in [4.69, 9.17) is 9.47 Å². The molecule has 7 nitrogen and oxygen atoms in total. The molecule has 0 N–H and O–H groups in total. The predicted molar refractivity (Wildman–Crippen MR) is 125 cm³/mol. The Bertz CT molecular complexity index is 928. The summed E-state index contributed by atoms with van der Waals surface area (Å²) < 4.78 is 12.9. The number of aryl methyl sites for hydroxylation is 2. The molecule has 0 bridgehead atoms. The van der Waals surface area contributed by atoms with E-state index in [0.29, 0.717) is 18.9 Å². The normalized spacial score (nSPS) is 11.5. The Kier molecular flexibility index (Phi) is 9.01. The van der Waals surface area contributed by atoms with Gasteiger partial charge in [0.2, 0.25) is 5.91 Å². The molecule has 0 unspecified atom stereocenters. The minimum Gasteiger partial charge on any atom is -0.491 e. The minimum atomic E-state index is -0.353. The summed E-state index contributed by atoms with van der Waals surface area (Å²) in [5.41, 5.74) is 3.22. The fraction of sp³-hybridized carbons (Fsp3) is 0.560. The van der Waals surface area contributed by atoms with E-state index in [9.17, 15) is 9.59 Å². The number of ether oxygens (including phenoxy) is 2. The molecule has 1 heterocycles. The van der Waals surface area contributed by atoms with E-state index in [1.54, 1.807) is 24.7 Å². The highest BCUT2D eigenvalue weighted by Crippen LogP contribution is 2.23. The zero-order chi connectivity index (χ0) is 23.9. The molecule has 0 saturated heterocycles. The first-order valence-corrected chi connectivity index (χ1v) is 11.3. The second-order valence-electron chi connectivity index (χ2n) is 8.89. The molecule has 2 rings (SSSR count). The Morgan fingerprint density at radius 3 is 2.41 bits per heavy atom. The van der Waals surface area contributed by atoms with E-state index in [0.717, 1.165) is 23.4 Å². The zero-order valence-electron chi connectivity index (χ0n) is 20.5. The summed E-state index contributed by atoms with van der Waals surface area (Å²) in [6.45, 7) is 13.6. The number of hydrogen-bond donors (Lipinski definition) is 0. The van der Waals surface area contributed by atoms with Gasteiger partial charge in [0.1, 0.15) is 18.1 Å². The maximum absolute atomic E-state index is 13.2. The molecule has 7 heteroatoms. The number of rotatable bonds is 10. The van der Waals surface area contributed by atoms with Crippen LogP contribution in [-0.4, -0.2) is 52.9 Å². The first-order chi connectivity index (χ1) is 15.1. The van der Waals surface area contributed by atoms with Crippen molar-refractivity contribution in [2.24, 2.45) is 7.05 Å². The van der Waals surface area contributed by atoms with Crippen LogP contribution in [-0.2, 0) is 28.4 Å². The first-order valence-electron chi connectivity index (χ1n) is 11.3. The van der Waals surface area contributed by atoms with Crippen molar-refractivity contribution in [2.45, 2.75) is 59.8 Å². The van der Waals surface area contributed by atoms with Gasteiger partial charge in [-0.15, -0.1) is 0 Å². The number of benzene rings is 1. The minimum absolute atomic E-state index is 0.174. The van der Waals surface area contributed by atoms with E-state index < -0.39 is 0 Å². The van der Waals surface area contributed by atoms with Crippen molar-refractivity contribution in [3.63, 3.8) is 0 Å². The zero-order valence-corrected chi connectivity index (χ0v) is 20.5. The third kappa shape index (κ3) is 6.66. The molecule has 0 aliphatic carbocycles. The lowest BCUT2D eigenvalue weighted by atomic mass is 9.92. The standard InChI is InChI=1S/C25H37N3O4/c1-8-23(29)28(24(30)20-17-22(25(4,5)6)26-27(20)7)13-15-32-21-11-10-19(16-18(21)3)12-14-31-9-2/h10-11,16-17H,8-9,12-15H2,1-7H3. The fourth-order valence-electron chi connectivity index (χ4n) is 3.31. The first kappa shape index (κ1) is 25.6. The second-order valence-corrected chi connectivity index (χ2v) is 8.89. The van der Waals surface area contributed by atoms with Crippen LogP contribution in [0.5, 0.6) is 5.75 Å². The van der Waals surface area contributed by atoms with Gasteiger partial charge >= 0.3 is 0 Å². The fourth-order valence-corrected chi connectivity index (χ4v) is 3.31. The Labute approximate surface area is 191 Å². The maximum atomic E-state index is 13.2. The average molecular weight is 444 g/mol. The molecule has 1 aromatic carbocycles. The van der Waals surface area contributed by atoms with Gasteiger partial charge in [-0.2, -0.15) is 5.10 Å². The van der Waals surface area contributed by atoms with E-state index in [-0.39, 0.29) is 36.8 Å². The van der Waals surface area contributed by atoms with Gasteiger partial charge in [-0.05, 0) is 43.5 Å². The maximum Gasteiger partial charge on any atom is 0.278 e. The van der Waals surface area contributed by atoms with E-state index >= 15 is 0 Å². The highest BCUT2D eigenvalue weighted by Gasteiger charge is 2.27. The van der Waals surface area contributed by atoms with Gasteiger partial charge in [-0.3, -0.25) is 19.2 Å². The lowest BCUT2D eigenvalue weighted by Gasteiger charge is -2.21. The molecule has 0 fully saturated rings. The smallest absolute Gasteiger partial charge is 0.278 e. The van der Waals surface area contributed by atoms with Crippen LogP contribution in [0.15, 0.2) is 24.3 Å². The van der Waals surface area contributed by atoms with Crippen LogP contribution in [0.3, 0.4) is 0 Å². The number of carbonyl (C=O) groups excluding carboxylic acids is 2. The van der Waals surface area contributed by atoms with Gasteiger partial charge in [0, 0.05) is 25.5 Å². The van der Waals surface area contributed by atoms with E-state index in [1.165, 1.54) is 10.5 Å². The molecular weight excluding hydrogens is 406 g/mol. The average Bonchev–Trinajstić information content (AvgIpc) is 3.14. The Balaban J connectivity index is 2.07. The summed E-state index contributed by atoms with van der Waals surface area (Å²) in [6.07, 6.45) is 1.09. The van der Waals surface area contributed by atoms with Crippen molar-refractivity contribution < 1.29 is 19.1 Å². The van der Waals surface area contributed by atoms with Gasteiger partial charge in [0.05, 0.1) is 18.8 Å². The van der Waals surface area contributed by atoms with Gasteiger partial charge in [-0.25, -0.2) is 0 Å². The molecule has 32 heavy (non-hydrogen) atoms. The Morgan fingerprint density at radius 2 is 1.84 bits per heavy atom. The van der Waals surface area contributed by atoms with E-state index in [2.05, 4.69) is 11.2 Å². The molecule has 176 valence electrons. The number of amides is 2. The van der Waals surface area contributed by atoms with Crippen LogP contribution in [0.4, 0.5) is 0 Å². The van der Waals surface area contributed by atoms with Gasteiger partial charge < -0.3 is 9.47 Å². The molecule has 2 amide bonds. The van der Waals surface area contributed by atoms with Crippen molar-refractivity contribution in [1.82, 2.24) is 14.7 Å². The molecule has 0 aliphatic rings. The lowest BCUT2D eigenvalue weighted by molar-refractivity contribution is -0.128. The number of carbonyl (C=O) groups is 2. The number of hydrogen-bond acceptors (Lipinski definition) is 5. The summed E-state index contributed by atoms with van der Waals surface area (Å²) in [7, 11) is 1.73. The third-order valence-electron chi connectivity index (χ3n) is 5.27. The van der Waals surface area contributed by atoms with Crippen LogP contribution in [0.2, 0.25) is 0 Å². The van der Waals surface area contributed by atoms with Crippen LogP contribution < -0.4 is 4.74 Å². The summed E-state index contributed by atoms with van der Waals surface area (Å²) in [5, 5.41) is 4.46. The molecular formula is C25H37N3O4. The summed E-state index contributed by atoms with van der Waals surface area (Å²) >= 11 is 0. The Hall–Kier alpha value is -2.67. The number of nitrogens with zero attached hydrogens (tertiary/aromatic N) is 3.